The van der Waals surface area contributed by atoms with Gasteiger partial charge < -0.3 is 15.6 Å². The molecule has 1 aliphatic heterocycles. The number of hydrogen-bond acceptors (Lipinski definition) is 4. The van der Waals surface area contributed by atoms with E-state index in [1.54, 1.807) is 0 Å². The van der Waals surface area contributed by atoms with Gasteiger partial charge >= 0.3 is 0 Å². The van der Waals surface area contributed by atoms with Gasteiger partial charge in [-0.15, -0.1) is 4.79 Å². The lowest BCUT2D eigenvalue weighted by Gasteiger charge is -2.59. The van der Waals surface area contributed by atoms with Crippen molar-refractivity contribution in [2.24, 2.45) is 40.9 Å². The predicted molar refractivity (Wildman–Crippen MR) is 129 cm³/mol. The topological polar surface area (TPSA) is 76.3 Å². The molecule has 0 aromatic carbocycles. The molecule has 0 saturated heterocycles. The number of hydrogen-bond donors (Lipinski definition) is 3. The SMILES string of the molecule is CCOC[C@@]1(O)CC[C@H]2[C@H](CC[C@@H]3[C@@H]2CC[C@@]2(C)[C@H]3CC[C@@]23Nn2ccc(N)[n+]2CC3C)C1. The number of ether oxygens (including phenoxy) is 1. The summed E-state index contributed by atoms with van der Waals surface area (Å²) in [7, 11) is 0. The molecule has 0 amide bonds. The first kappa shape index (κ1) is 22.2. The summed E-state index contributed by atoms with van der Waals surface area (Å²) in [6.45, 7) is 9.34. The molecule has 4 N–H and O–H groups in total. The summed E-state index contributed by atoms with van der Waals surface area (Å²) in [6, 6.07) is 2.03. The van der Waals surface area contributed by atoms with Gasteiger partial charge in [0.25, 0.3) is 0 Å². The highest BCUT2D eigenvalue weighted by Gasteiger charge is 2.67. The Morgan fingerprint density at radius 3 is 2.79 bits per heavy atom. The molecular formula is C27H45N4O2+. The number of anilines is 1. The van der Waals surface area contributed by atoms with Crippen LogP contribution in [0, 0.1) is 40.9 Å². The van der Waals surface area contributed by atoms with Gasteiger partial charge in [-0.1, -0.05) is 13.8 Å². The van der Waals surface area contributed by atoms with Crippen molar-refractivity contribution in [3.05, 3.63) is 12.3 Å². The molecule has 6 rings (SSSR count). The molecule has 33 heavy (non-hydrogen) atoms. The minimum absolute atomic E-state index is 0.162. The van der Waals surface area contributed by atoms with Crippen LogP contribution in [-0.4, -0.2) is 34.3 Å². The highest BCUT2D eigenvalue weighted by molar-refractivity contribution is 5.24. The van der Waals surface area contributed by atoms with E-state index in [1.165, 1.54) is 44.9 Å². The second kappa shape index (κ2) is 7.61. The summed E-state index contributed by atoms with van der Waals surface area (Å²) in [4.78, 5) is 2.19. The first-order chi connectivity index (χ1) is 15.8. The minimum Gasteiger partial charge on any atom is -0.387 e. The smallest absolute Gasteiger partial charge is 0.238 e. The van der Waals surface area contributed by atoms with Gasteiger partial charge in [0.1, 0.15) is 5.54 Å². The van der Waals surface area contributed by atoms with Crippen LogP contribution in [0.4, 0.5) is 5.82 Å². The molecule has 2 heterocycles. The van der Waals surface area contributed by atoms with Gasteiger partial charge in [-0.3, -0.25) is 0 Å². The fraction of sp³-hybridized carbons (Fsp3) is 0.889. The van der Waals surface area contributed by atoms with E-state index < -0.39 is 5.60 Å². The molecule has 4 saturated carbocycles. The number of fused-ring (bicyclic) bond motifs is 7. The third-order valence-corrected chi connectivity index (χ3v) is 11.5. The van der Waals surface area contributed by atoms with Crippen LogP contribution in [0.3, 0.4) is 0 Å². The van der Waals surface area contributed by atoms with E-state index in [2.05, 4.69) is 34.9 Å². The Bertz CT molecular complexity index is 903. The summed E-state index contributed by atoms with van der Waals surface area (Å²) in [5, 5.41) is 11.2. The molecule has 6 nitrogen and oxygen atoms in total. The van der Waals surface area contributed by atoms with Crippen LogP contribution in [0.1, 0.15) is 78.6 Å². The van der Waals surface area contributed by atoms with Crippen LogP contribution in [0.15, 0.2) is 12.3 Å². The monoisotopic (exact) mass is 457 g/mol. The van der Waals surface area contributed by atoms with E-state index >= 15 is 0 Å². The standard InChI is InChI=1S/C27H44N4O2/c1-4-33-17-26(32)12-8-20-19(15-26)5-6-22-21(20)7-11-25(3)23(22)9-13-27(25)18(2)16-30-24(28)10-14-31(30)29-27/h10,14,18-23,28-29,32H,4-9,11-13,15-17H2,1-3H3/p+1/t18?,19-,20+,21-,22-,23+,25+,26-,27+/m1/s1. The molecule has 1 spiro atoms. The quantitative estimate of drug-likeness (QED) is 0.605. The average molecular weight is 458 g/mol. The van der Waals surface area contributed by atoms with Crippen LogP contribution in [0.25, 0.3) is 0 Å². The van der Waals surface area contributed by atoms with Gasteiger partial charge in [-0.05, 0) is 94.3 Å². The number of aliphatic hydroxyl groups is 1. The third kappa shape index (κ3) is 3.08. The van der Waals surface area contributed by atoms with Gasteiger partial charge in [0.2, 0.25) is 5.82 Å². The second-order valence-corrected chi connectivity index (χ2v) is 12.7. The summed E-state index contributed by atoms with van der Waals surface area (Å²) >= 11 is 0. The fourth-order valence-corrected chi connectivity index (χ4v) is 9.91. The van der Waals surface area contributed by atoms with E-state index in [-0.39, 0.29) is 5.54 Å². The second-order valence-electron chi connectivity index (χ2n) is 12.7. The van der Waals surface area contributed by atoms with Gasteiger partial charge in [0, 0.05) is 24.0 Å². The molecule has 0 bridgehead atoms. The Balaban J connectivity index is 1.23. The Morgan fingerprint density at radius 2 is 1.97 bits per heavy atom. The number of nitrogens with two attached hydrogens (primary N) is 1. The zero-order chi connectivity index (χ0) is 23.0. The Morgan fingerprint density at radius 1 is 1.15 bits per heavy atom. The summed E-state index contributed by atoms with van der Waals surface area (Å²) in [5.41, 5.74) is 10.2. The molecule has 6 heteroatoms. The van der Waals surface area contributed by atoms with Crippen molar-refractivity contribution in [3.8, 4) is 0 Å². The van der Waals surface area contributed by atoms with Crippen molar-refractivity contribution < 1.29 is 14.5 Å². The van der Waals surface area contributed by atoms with E-state index in [1.807, 2.05) is 13.0 Å². The van der Waals surface area contributed by atoms with Crippen LogP contribution in [-0.2, 0) is 11.3 Å². The maximum Gasteiger partial charge on any atom is 0.238 e. The lowest BCUT2D eigenvalue weighted by molar-refractivity contribution is -0.772. The van der Waals surface area contributed by atoms with Crippen molar-refractivity contribution in [2.75, 3.05) is 24.4 Å². The summed E-state index contributed by atoms with van der Waals surface area (Å²) < 4.78 is 7.87. The number of aromatic nitrogens is 2. The zero-order valence-corrected chi connectivity index (χ0v) is 20.9. The highest BCUT2D eigenvalue weighted by Crippen LogP contribution is 2.67. The Hall–Kier alpha value is -1.27. The number of nitrogens with one attached hydrogen (secondary N) is 1. The average Bonchev–Trinajstić information content (AvgIpc) is 3.30. The van der Waals surface area contributed by atoms with Gasteiger partial charge in [-0.25, -0.2) is 5.43 Å². The minimum atomic E-state index is -0.583. The van der Waals surface area contributed by atoms with E-state index in [0.29, 0.717) is 30.5 Å². The summed E-state index contributed by atoms with van der Waals surface area (Å²) in [6.07, 6.45) is 13.2. The van der Waals surface area contributed by atoms with Crippen molar-refractivity contribution in [1.29, 1.82) is 0 Å². The molecule has 1 unspecified atom stereocenters. The molecule has 1 aromatic heterocycles. The molecule has 0 radical (unpaired) electrons. The molecular weight excluding hydrogens is 412 g/mol. The molecule has 184 valence electrons. The molecule has 9 atom stereocenters. The van der Waals surface area contributed by atoms with Crippen LogP contribution < -0.4 is 15.8 Å². The highest BCUT2D eigenvalue weighted by atomic mass is 16.5. The third-order valence-electron chi connectivity index (χ3n) is 11.5. The van der Waals surface area contributed by atoms with Gasteiger partial charge in [-0.2, -0.15) is 4.68 Å². The first-order valence-corrected chi connectivity index (χ1v) is 13.8. The fourth-order valence-electron chi connectivity index (χ4n) is 9.91. The van der Waals surface area contributed by atoms with Crippen LogP contribution >= 0.6 is 0 Å². The Labute approximate surface area is 199 Å². The number of nitrogens with zero attached hydrogens (tertiary/aromatic N) is 2. The maximum atomic E-state index is 11.2. The molecule has 1 aromatic rings. The van der Waals surface area contributed by atoms with E-state index in [4.69, 9.17) is 10.5 Å². The number of rotatable bonds is 3. The maximum absolute atomic E-state index is 11.2. The van der Waals surface area contributed by atoms with E-state index in [9.17, 15) is 5.11 Å². The van der Waals surface area contributed by atoms with E-state index in [0.717, 1.165) is 48.9 Å². The lowest BCUT2D eigenvalue weighted by atomic mass is 9.47. The predicted octanol–water partition coefficient (Wildman–Crippen LogP) is 3.71. The normalized spacial score (nSPS) is 48.5. The first-order valence-electron chi connectivity index (χ1n) is 13.8. The van der Waals surface area contributed by atoms with Crippen molar-refractivity contribution >= 4 is 5.82 Å². The van der Waals surface area contributed by atoms with Crippen molar-refractivity contribution in [3.63, 3.8) is 0 Å². The lowest BCUT2D eigenvalue weighted by Crippen LogP contribution is -2.70. The van der Waals surface area contributed by atoms with Crippen LogP contribution in [0.5, 0.6) is 0 Å². The van der Waals surface area contributed by atoms with Gasteiger partial charge in [0.05, 0.1) is 24.9 Å². The molecule has 4 fully saturated rings. The zero-order valence-electron chi connectivity index (χ0n) is 20.9. The van der Waals surface area contributed by atoms with Crippen molar-refractivity contribution in [1.82, 2.24) is 4.79 Å². The van der Waals surface area contributed by atoms with Crippen LogP contribution in [0.2, 0.25) is 0 Å². The summed E-state index contributed by atoms with van der Waals surface area (Å²) in [5.74, 6) is 5.47. The van der Waals surface area contributed by atoms with Gasteiger partial charge in [0.15, 0.2) is 0 Å². The van der Waals surface area contributed by atoms with Crippen molar-refractivity contribution in [2.45, 2.75) is 96.2 Å². The molecule has 4 aliphatic carbocycles. The Kier molecular flexibility index (Phi) is 5.12. The number of nitrogen functional groups attached to an aromatic ring is 1. The molecule has 5 aliphatic rings. The largest absolute Gasteiger partial charge is 0.387 e.